The fourth-order valence-corrected chi connectivity index (χ4v) is 4.14. The number of carboxylic acids is 1. The molecule has 0 radical (unpaired) electrons. The summed E-state index contributed by atoms with van der Waals surface area (Å²) in [7, 11) is 0. The molecule has 0 bridgehead atoms. The lowest BCUT2D eigenvalue weighted by atomic mass is 9.90. The highest BCUT2D eigenvalue weighted by Gasteiger charge is 2.36. The van der Waals surface area contributed by atoms with Gasteiger partial charge in [-0.1, -0.05) is 35.9 Å². The Morgan fingerprint density at radius 2 is 1.90 bits per heavy atom. The van der Waals surface area contributed by atoms with Gasteiger partial charge < -0.3 is 9.84 Å². The number of halogens is 4. The molecule has 1 unspecified atom stereocenters. The molecule has 1 aliphatic rings. The molecule has 0 amide bonds. The van der Waals surface area contributed by atoms with Crippen LogP contribution in [0.3, 0.4) is 0 Å². The molecular formula is C22H23ClF3NO3. The molecule has 0 aromatic heterocycles. The zero-order valence-electron chi connectivity index (χ0n) is 16.5. The van der Waals surface area contributed by atoms with E-state index in [1.165, 1.54) is 6.07 Å². The number of carbonyl (C=O) groups is 1. The summed E-state index contributed by atoms with van der Waals surface area (Å²) in [5.41, 5.74) is 0.289. The fraction of sp³-hybridized carbons (Fsp3) is 0.409. The second-order valence-electron chi connectivity index (χ2n) is 7.26. The lowest BCUT2D eigenvalue weighted by Crippen LogP contribution is -2.39. The number of carboxylic acid groups (broad SMARTS) is 1. The Bertz CT molecular complexity index is 895. The number of hydrogen-bond donors (Lipinski definition) is 1. The van der Waals surface area contributed by atoms with Crippen molar-refractivity contribution in [2.24, 2.45) is 5.92 Å². The third-order valence-electron chi connectivity index (χ3n) is 5.37. The minimum absolute atomic E-state index is 0.354. The SMILES string of the molecule is CCOc1ccccc1C(c1ccc(Cl)c(C(F)(F)F)c1)N1CCC(C(=O)O)CC1. The van der Waals surface area contributed by atoms with Gasteiger partial charge in [0, 0.05) is 5.56 Å². The molecule has 1 saturated heterocycles. The predicted molar refractivity (Wildman–Crippen MR) is 108 cm³/mol. The normalized spacial score (nSPS) is 17.0. The van der Waals surface area contributed by atoms with Crippen molar-refractivity contribution in [3.63, 3.8) is 0 Å². The number of ether oxygens (including phenoxy) is 1. The molecule has 0 spiro atoms. The van der Waals surface area contributed by atoms with E-state index in [9.17, 15) is 23.1 Å². The van der Waals surface area contributed by atoms with E-state index in [-0.39, 0.29) is 5.02 Å². The van der Waals surface area contributed by atoms with Crippen LogP contribution in [0, 0.1) is 5.92 Å². The van der Waals surface area contributed by atoms with E-state index in [0.29, 0.717) is 43.9 Å². The van der Waals surface area contributed by atoms with Gasteiger partial charge in [-0.2, -0.15) is 13.2 Å². The smallest absolute Gasteiger partial charge is 0.417 e. The molecule has 1 atom stereocenters. The van der Waals surface area contributed by atoms with Gasteiger partial charge in [0.05, 0.1) is 29.2 Å². The predicted octanol–water partition coefficient (Wildman–Crippen LogP) is 5.64. The van der Waals surface area contributed by atoms with Gasteiger partial charge in [0.2, 0.25) is 0 Å². The number of aliphatic carboxylic acids is 1. The largest absolute Gasteiger partial charge is 0.494 e. The van der Waals surface area contributed by atoms with Crippen LogP contribution in [0.5, 0.6) is 5.75 Å². The molecule has 1 aliphatic heterocycles. The van der Waals surface area contributed by atoms with Gasteiger partial charge in [-0.15, -0.1) is 0 Å². The Hall–Kier alpha value is -2.25. The van der Waals surface area contributed by atoms with Crippen molar-refractivity contribution in [3.8, 4) is 5.75 Å². The third-order valence-corrected chi connectivity index (χ3v) is 5.70. The molecule has 8 heteroatoms. The lowest BCUT2D eigenvalue weighted by molar-refractivity contribution is -0.143. The molecule has 1 fully saturated rings. The first-order chi connectivity index (χ1) is 14.2. The number of benzene rings is 2. The quantitative estimate of drug-likeness (QED) is 0.630. The van der Waals surface area contributed by atoms with Crippen LogP contribution in [0.2, 0.25) is 5.02 Å². The van der Waals surface area contributed by atoms with E-state index in [1.807, 2.05) is 30.0 Å². The molecule has 1 N–H and O–H groups in total. The Morgan fingerprint density at radius 1 is 1.23 bits per heavy atom. The Morgan fingerprint density at radius 3 is 2.50 bits per heavy atom. The summed E-state index contributed by atoms with van der Waals surface area (Å²) in [6.07, 6.45) is -3.71. The first kappa shape index (κ1) is 22.4. The van der Waals surface area contributed by atoms with E-state index in [2.05, 4.69) is 0 Å². The van der Waals surface area contributed by atoms with Gasteiger partial charge in [-0.05, 0) is 56.6 Å². The summed E-state index contributed by atoms with van der Waals surface area (Å²) in [6.45, 7) is 3.16. The zero-order chi connectivity index (χ0) is 21.9. The van der Waals surface area contributed by atoms with E-state index < -0.39 is 29.7 Å². The molecule has 2 aromatic rings. The summed E-state index contributed by atoms with van der Waals surface area (Å²) in [5, 5.41) is 8.94. The maximum Gasteiger partial charge on any atom is 0.417 e. The van der Waals surface area contributed by atoms with E-state index in [4.69, 9.17) is 16.3 Å². The standard InChI is InChI=1S/C22H23ClF3NO3/c1-2-30-19-6-4-3-5-16(19)20(27-11-9-14(10-12-27)21(28)29)15-7-8-18(23)17(13-15)22(24,25)26/h3-8,13-14,20H,2,9-12H2,1H3,(H,28,29). The van der Waals surface area contributed by atoms with Crippen molar-refractivity contribution in [2.75, 3.05) is 19.7 Å². The Balaban J connectivity index is 2.07. The van der Waals surface area contributed by atoms with Gasteiger partial charge in [0.1, 0.15) is 5.75 Å². The van der Waals surface area contributed by atoms with Crippen LogP contribution in [0.4, 0.5) is 13.2 Å². The highest BCUT2D eigenvalue weighted by molar-refractivity contribution is 6.31. The molecular weight excluding hydrogens is 419 g/mol. The summed E-state index contributed by atoms with van der Waals surface area (Å²) in [5.74, 6) is -0.694. The van der Waals surface area contributed by atoms with Crippen molar-refractivity contribution >= 4 is 17.6 Å². The van der Waals surface area contributed by atoms with Crippen LogP contribution in [-0.2, 0) is 11.0 Å². The Kier molecular flexibility index (Phi) is 6.93. The van der Waals surface area contributed by atoms with Crippen LogP contribution in [0.15, 0.2) is 42.5 Å². The Labute approximate surface area is 178 Å². The van der Waals surface area contributed by atoms with Gasteiger partial charge in [-0.3, -0.25) is 9.69 Å². The van der Waals surface area contributed by atoms with Crippen LogP contribution in [0.1, 0.15) is 42.5 Å². The van der Waals surface area contributed by atoms with Crippen molar-refractivity contribution < 1.29 is 27.8 Å². The number of piperidine rings is 1. The summed E-state index contributed by atoms with van der Waals surface area (Å²) >= 11 is 5.83. The number of para-hydroxylation sites is 1. The highest BCUT2D eigenvalue weighted by Crippen LogP contribution is 2.41. The minimum atomic E-state index is -4.58. The number of rotatable bonds is 6. The number of alkyl halides is 3. The summed E-state index contributed by atoms with van der Waals surface area (Å²) in [6, 6.07) is 10.7. The average molecular weight is 442 g/mol. The molecule has 1 heterocycles. The topological polar surface area (TPSA) is 49.8 Å². The van der Waals surface area contributed by atoms with Crippen LogP contribution in [0.25, 0.3) is 0 Å². The summed E-state index contributed by atoms with van der Waals surface area (Å²) in [4.78, 5) is 13.3. The molecule has 3 rings (SSSR count). The minimum Gasteiger partial charge on any atom is -0.494 e. The van der Waals surface area contributed by atoms with Gasteiger partial charge in [-0.25, -0.2) is 0 Å². The first-order valence-electron chi connectivity index (χ1n) is 9.77. The first-order valence-corrected chi connectivity index (χ1v) is 10.2. The van der Waals surface area contributed by atoms with Crippen LogP contribution >= 0.6 is 11.6 Å². The maximum absolute atomic E-state index is 13.5. The second kappa shape index (κ2) is 9.27. The maximum atomic E-state index is 13.5. The number of likely N-dealkylation sites (tertiary alicyclic amines) is 1. The molecule has 162 valence electrons. The van der Waals surface area contributed by atoms with Gasteiger partial charge >= 0.3 is 12.1 Å². The van der Waals surface area contributed by atoms with Crippen molar-refractivity contribution in [1.82, 2.24) is 4.90 Å². The molecule has 30 heavy (non-hydrogen) atoms. The van der Waals surface area contributed by atoms with Crippen molar-refractivity contribution in [3.05, 3.63) is 64.2 Å². The van der Waals surface area contributed by atoms with Gasteiger partial charge in [0.15, 0.2) is 0 Å². The van der Waals surface area contributed by atoms with E-state index >= 15 is 0 Å². The second-order valence-corrected chi connectivity index (χ2v) is 7.67. The fourth-order valence-electron chi connectivity index (χ4n) is 3.92. The van der Waals surface area contributed by atoms with E-state index in [1.54, 1.807) is 12.1 Å². The highest BCUT2D eigenvalue weighted by atomic mass is 35.5. The van der Waals surface area contributed by atoms with Crippen molar-refractivity contribution in [1.29, 1.82) is 0 Å². The van der Waals surface area contributed by atoms with E-state index in [0.717, 1.165) is 11.6 Å². The molecule has 0 saturated carbocycles. The third kappa shape index (κ3) is 4.90. The number of hydrogen-bond acceptors (Lipinski definition) is 3. The monoisotopic (exact) mass is 441 g/mol. The van der Waals surface area contributed by atoms with Crippen molar-refractivity contribution in [2.45, 2.75) is 32.0 Å². The average Bonchev–Trinajstić information content (AvgIpc) is 2.70. The van der Waals surface area contributed by atoms with Crippen LogP contribution in [-0.4, -0.2) is 35.7 Å². The molecule has 2 aromatic carbocycles. The zero-order valence-corrected chi connectivity index (χ0v) is 17.2. The van der Waals surface area contributed by atoms with Gasteiger partial charge in [0.25, 0.3) is 0 Å². The summed E-state index contributed by atoms with van der Waals surface area (Å²) < 4.78 is 46.2. The lowest BCUT2D eigenvalue weighted by Gasteiger charge is -2.37. The van der Waals surface area contributed by atoms with Crippen LogP contribution < -0.4 is 4.74 Å². The molecule has 0 aliphatic carbocycles. The molecule has 4 nitrogen and oxygen atoms in total. The number of nitrogens with zero attached hydrogens (tertiary/aromatic N) is 1.